The van der Waals surface area contributed by atoms with Crippen molar-refractivity contribution in [2.75, 3.05) is 18.0 Å². The zero-order chi connectivity index (χ0) is 23.4. The third-order valence-electron chi connectivity index (χ3n) is 5.69. The number of fused-ring (bicyclic) bond motifs is 1. The average Bonchev–Trinajstić information content (AvgIpc) is 3.65. The highest BCUT2D eigenvalue weighted by molar-refractivity contribution is 5.89. The zero-order valence-electron chi connectivity index (χ0n) is 18.5. The van der Waals surface area contributed by atoms with Gasteiger partial charge in [-0.3, -0.25) is 4.79 Å². The van der Waals surface area contributed by atoms with E-state index >= 15 is 0 Å². The number of anilines is 1. The predicted molar refractivity (Wildman–Crippen MR) is 122 cm³/mol. The smallest absolute Gasteiger partial charge is 0.355 e. The molecule has 33 heavy (non-hydrogen) atoms. The van der Waals surface area contributed by atoms with Gasteiger partial charge in [0, 0.05) is 37.4 Å². The number of nitrogens with zero attached hydrogens (tertiary/aromatic N) is 3. The summed E-state index contributed by atoms with van der Waals surface area (Å²) < 4.78 is 38.7. The van der Waals surface area contributed by atoms with Crippen molar-refractivity contribution < 1.29 is 18.0 Å². The first-order chi connectivity index (χ1) is 15.8. The van der Waals surface area contributed by atoms with E-state index in [0.29, 0.717) is 18.0 Å². The molecule has 2 aromatic carbocycles. The normalized spacial score (nSPS) is 13.8. The maximum atomic E-state index is 12.9. The summed E-state index contributed by atoms with van der Waals surface area (Å²) >= 11 is 0. The Balaban J connectivity index is 1.44. The van der Waals surface area contributed by atoms with Crippen LogP contribution in [0.25, 0.3) is 10.9 Å². The summed E-state index contributed by atoms with van der Waals surface area (Å²) in [5.41, 5.74) is 0.601. The summed E-state index contributed by atoms with van der Waals surface area (Å²) in [7, 11) is 0. The molecule has 1 N–H and O–H groups in total. The molecule has 1 aromatic heterocycles. The number of hydrogen-bond donors (Lipinski definition) is 1. The van der Waals surface area contributed by atoms with Crippen molar-refractivity contribution >= 4 is 22.6 Å². The van der Waals surface area contributed by atoms with Crippen LogP contribution in [-0.4, -0.2) is 29.0 Å². The Hall–Kier alpha value is -3.16. The van der Waals surface area contributed by atoms with Gasteiger partial charge in [-0.15, -0.1) is 0 Å². The highest BCUT2D eigenvalue weighted by Crippen LogP contribution is 2.40. The van der Waals surface area contributed by atoms with E-state index < -0.39 is 11.7 Å². The van der Waals surface area contributed by atoms with Gasteiger partial charge in [-0.2, -0.15) is 13.2 Å². The van der Waals surface area contributed by atoms with Crippen molar-refractivity contribution in [2.45, 2.75) is 51.2 Å². The van der Waals surface area contributed by atoms with Crippen LogP contribution in [0.15, 0.2) is 48.5 Å². The van der Waals surface area contributed by atoms with E-state index in [-0.39, 0.29) is 18.9 Å². The van der Waals surface area contributed by atoms with E-state index in [0.717, 1.165) is 60.5 Å². The number of benzene rings is 2. The average molecular weight is 457 g/mol. The molecule has 0 unspecified atom stereocenters. The van der Waals surface area contributed by atoms with Crippen molar-refractivity contribution in [3.8, 4) is 0 Å². The number of amides is 1. The molecule has 3 aromatic rings. The SMILES string of the molecule is CCCN(CCC(=O)NCc1cccc(C(F)(F)F)c1)c1nc(C2CC2)nc2ccccc12. The van der Waals surface area contributed by atoms with Gasteiger partial charge in [0.15, 0.2) is 0 Å². The van der Waals surface area contributed by atoms with Crippen molar-refractivity contribution in [1.29, 1.82) is 0 Å². The first-order valence-corrected chi connectivity index (χ1v) is 11.3. The standard InChI is InChI=1S/C25H27F3N4O/c1-2-13-32(24-20-8-3-4-9-21(20)30-23(31-24)18-10-11-18)14-12-22(33)29-16-17-6-5-7-19(15-17)25(26,27)28/h3-9,15,18H,2,10-14,16H2,1H3,(H,29,33). The van der Waals surface area contributed by atoms with Gasteiger partial charge in [-0.25, -0.2) is 9.97 Å². The number of nitrogens with one attached hydrogen (secondary N) is 1. The van der Waals surface area contributed by atoms with Gasteiger partial charge in [0.1, 0.15) is 11.6 Å². The highest BCUT2D eigenvalue weighted by atomic mass is 19.4. The number of halogens is 3. The number of carbonyl (C=O) groups excluding carboxylic acids is 1. The highest BCUT2D eigenvalue weighted by Gasteiger charge is 2.30. The van der Waals surface area contributed by atoms with Crippen molar-refractivity contribution in [2.24, 2.45) is 0 Å². The first kappa shape index (κ1) is 23.0. The maximum Gasteiger partial charge on any atom is 0.416 e. The second kappa shape index (κ2) is 9.77. The van der Waals surface area contributed by atoms with Gasteiger partial charge in [-0.1, -0.05) is 31.2 Å². The molecule has 1 heterocycles. The minimum atomic E-state index is -4.40. The Morgan fingerprint density at radius 3 is 2.61 bits per heavy atom. The fourth-order valence-corrected chi connectivity index (χ4v) is 3.82. The lowest BCUT2D eigenvalue weighted by atomic mass is 10.1. The van der Waals surface area contributed by atoms with Crippen molar-refractivity contribution in [3.63, 3.8) is 0 Å². The fourth-order valence-electron chi connectivity index (χ4n) is 3.82. The zero-order valence-corrected chi connectivity index (χ0v) is 18.5. The molecule has 1 amide bonds. The summed E-state index contributed by atoms with van der Waals surface area (Å²) in [5, 5.41) is 3.70. The van der Waals surface area contributed by atoms with E-state index in [1.807, 2.05) is 24.3 Å². The Kier molecular flexibility index (Phi) is 6.81. The summed E-state index contributed by atoms with van der Waals surface area (Å²) in [6.07, 6.45) is -1.09. The van der Waals surface area contributed by atoms with Gasteiger partial charge in [0.2, 0.25) is 5.91 Å². The van der Waals surface area contributed by atoms with E-state index in [9.17, 15) is 18.0 Å². The Morgan fingerprint density at radius 2 is 1.88 bits per heavy atom. The van der Waals surface area contributed by atoms with Crippen LogP contribution < -0.4 is 10.2 Å². The molecule has 8 heteroatoms. The molecule has 0 saturated heterocycles. The molecule has 174 valence electrons. The number of para-hydroxylation sites is 1. The quantitative estimate of drug-likeness (QED) is 0.465. The number of alkyl halides is 3. The Labute approximate surface area is 191 Å². The Morgan fingerprint density at radius 1 is 1.09 bits per heavy atom. The molecule has 0 aliphatic heterocycles. The monoisotopic (exact) mass is 456 g/mol. The minimum Gasteiger partial charge on any atom is -0.355 e. The minimum absolute atomic E-state index is 0.0544. The van der Waals surface area contributed by atoms with Gasteiger partial charge in [-0.05, 0) is 49.1 Å². The molecular formula is C25H27F3N4O. The number of aromatic nitrogens is 2. The molecule has 0 atom stereocenters. The van der Waals surface area contributed by atoms with Crippen molar-refractivity contribution in [1.82, 2.24) is 15.3 Å². The van der Waals surface area contributed by atoms with Gasteiger partial charge in [0.05, 0.1) is 11.1 Å². The molecule has 0 bridgehead atoms. The summed E-state index contributed by atoms with van der Waals surface area (Å²) in [4.78, 5) is 24.2. The van der Waals surface area contributed by atoms with Crippen molar-refractivity contribution in [3.05, 3.63) is 65.5 Å². The predicted octanol–water partition coefficient (Wildman–Crippen LogP) is 5.45. The van der Waals surface area contributed by atoms with E-state index in [4.69, 9.17) is 9.97 Å². The second-order valence-corrected chi connectivity index (χ2v) is 8.41. The fraction of sp³-hybridized carbons (Fsp3) is 0.400. The third-order valence-corrected chi connectivity index (χ3v) is 5.69. The lowest BCUT2D eigenvalue weighted by Crippen LogP contribution is -2.32. The summed E-state index contributed by atoms with van der Waals surface area (Å²) in [5.74, 6) is 1.90. The van der Waals surface area contributed by atoms with Gasteiger partial charge in [0.25, 0.3) is 0 Å². The third kappa shape index (κ3) is 5.80. The van der Waals surface area contributed by atoms with E-state index in [2.05, 4.69) is 17.1 Å². The van der Waals surface area contributed by atoms with Gasteiger partial charge < -0.3 is 10.2 Å². The van der Waals surface area contributed by atoms with Gasteiger partial charge >= 0.3 is 6.18 Å². The van der Waals surface area contributed by atoms with Crippen LogP contribution >= 0.6 is 0 Å². The topological polar surface area (TPSA) is 58.1 Å². The first-order valence-electron chi connectivity index (χ1n) is 11.3. The molecule has 0 radical (unpaired) electrons. The second-order valence-electron chi connectivity index (χ2n) is 8.41. The molecule has 1 aliphatic carbocycles. The molecule has 0 spiro atoms. The number of rotatable bonds is 9. The lowest BCUT2D eigenvalue weighted by Gasteiger charge is -2.25. The number of hydrogen-bond acceptors (Lipinski definition) is 4. The van der Waals surface area contributed by atoms with Crippen LogP contribution in [0.3, 0.4) is 0 Å². The molecule has 1 aliphatic rings. The van der Waals surface area contributed by atoms with E-state index in [1.165, 1.54) is 6.07 Å². The summed E-state index contributed by atoms with van der Waals surface area (Å²) in [6.45, 7) is 3.34. The summed E-state index contributed by atoms with van der Waals surface area (Å²) in [6, 6.07) is 12.9. The number of carbonyl (C=O) groups is 1. The van der Waals surface area contributed by atoms with Crippen LogP contribution in [0.2, 0.25) is 0 Å². The molecule has 1 saturated carbocycles. The molecular weight excluding hydrogens is 429 g/mol. The van der Waals surface area contributed by atoms with Crippen LogP contribution in [0.4, 0.5) is 19.0 Å². The lowest BCUT2D eigenvalue weighted by molar-refractivity contribution is -0.137. The van der Waals surface area contributed by atoms with E-state index in [1.54, 1.807) is 6.07 Å². The van der Waals surface area contributed by atoms with Crippen LogP contribution in [0.1, 0.15) is 55.5 Å². The Bertz CT molecular complexity index is 1130. The van der Waals surface area contributed by atoms with Crippen LogP contribution in [0, 0.1) is 0 Å². The largest absolute Gasteiger partial charge is 0.416 e. The maximum absolute atomic E-state index is 12.9. The molecule has 5 nitrogen and oxygen atoms in total. The molecule has 1 fully saturated rings. The molecule has 4 rings (SSSR count). The van der Waals surface area contributed by atoms with Crippen LogP contribution in [-0.2, 0) is 17.5 Å². The van der Waals surface area contributed by atoms with Crippen LogP contribution in [0.5, 0.6) is 0 Å².